The summed E-state index contributed by atoms with van der Waals surface area (Å²) in [6, 6.07) is 5.21. The number of nitrogens with zero attached hydrogens (tertiary/aromatic N) is 2. The first-order valence-electron chi connectivity index (χ1n) is 10.1. The molecule has 1 aliphatic heterocycles. The fraction of sp³-hybridized carbons (Fsp3) is 0.667. The largest absolute Gasteiger partial charge is 0.444 e. The van der Waals surface area contributed by atoms with Gasteiger partial charge in [-0.3, -0.25) is 4.90 Å². The van der Waals surface area contributed by atoms with Gasteiger partial charge in [0.05, 0.1) is 0 Å². The summed E-state index contributed by atoms with van der Waals surface area (Å²) < 4.78 is 5.53. The molecule has 1 aromatic rings. The van der Waals surface area contributed by atoms with Crippen LogP contribution < -0.4 is 5.46 Å². The van der Waals surface area contributed by atoms with Crippen LogP contribution in [0.2, 0.25) is 0 Å². The SMILES string of the molecule is Bc1cc(C)cc2c1CCCCC2N1CCN(C(=O)OC(C)(C)C)CC1. The molecule has 1 aromatic carbocycles. The van der Waals surface area contributed by atoms with Crippen LogP contribution in [0.1, 0.15) is 62.8 Å². The Morgan fingerprint density at radius 2 is 1.85 bits per heavy atom. The van der Waals surface area contributed by atoms with Crippen molar-refractivity contribution < 1.29 is 9.53 Å². The molecule has 1 aliphatic carbocycles. The van der Waals surface area contributed by atoms with Crippen molar-refractivity contribution in [3.05, 3.63) is 28.8 Å². The summed E-state index contributed by atoms with van der Waals surface area (Å²) in [5.41, 5.74) is 5.47. The molecular formula is C21H33BN2O2. The van der Waals surface area contributed by atoms with E-state index in [9.17, 15) is 4.79 Å². The van der Waals surface area contributed by atoms with Gasteiger partial charge in [0, 0.05) is 32.2 Å². The van der Waals surface area contributed by atoms with Crippen LogP contribution in [-0.4, -0.2) is 55.5 Å². The Labute approximate surface area is 159 Å². The van der Waals surface area contributed by atoms with Crippen LogP contribution in [0, 0.1) is 6.92 Å². The zero-order chi connectivity index (χ0) is 18.9. The lowest BCUT2D eigenvalue weighted by atomic mass is 9.83. The molecule has 3 rings (SSSR count). The summed E-state index contributed by atoms with van der Waals surface area (Å²) in [4.78, 5) is 16.8. The van der Waals surface area contributed by atoms with Gasteiger partial charge < -0.3 is 9.64 Å². The fourth-order valence-corrected chi connectivity index (χ4v) is 4.39. The number of hydrogen-bond donors (Lipinski definition) is 0. The van der Waals surface area contributed by atoms with Crippen LogP contribution in [0.25, 0.3) is 0 Å². The maximum atomic E-state index is 12.3. The van der Waals surface area contributed by atoms with Gasteiger partial charge >= 0.3 is 6.09 Å². The molecule has 1 saturated heterocycles. The second kappa shape index (κ2) is 7.63. The molecule has 0 bridgehead atoms. The molecule has 5 heteroatoms. The minimum atomic E-state index is -0.427. The molecule has 0 aromatic heterocycles. The van der Waals surface area contributed by atoms with Gasteiger partial charge in [-0.1, -0.05) is 29.6 Å². The van der Waals surface area contributed by atoms with Gasteiger partial charge in [0.1, 0.15) is 13.4 Å². The highest BCUT2D eigenvalue weighted by molar-refractivity contribution is 6.33. The van der Waals surface area contributed by atoms with E-state index >= 15 is 0 Å². The van der Waals surface area contributed by atoms with Crippen molar-refractivity contribution in [3.8, 4) is 0 Å². The van der Waals surface area contributed by atoms with Gasteiger partial charge in [-0.05, 0) is 58.1 Å². The van der Waals surface area contributed by atoms with Gasteiger partial charge in [0.2, 0.25) is 0 Å². The maximum absolute atomic E-state index is 12.3. The van der Waals surface area contributed by atoms with E-state index in [1.165, 1.54) is 42.3 Å². The molecule has 4 nitrogen and oxygen atoms in total. The molecular weight excluding hydrogens is 323 g/mol. The molecule has 2 aliphatic rings. The van der Waals surface area contributed by atoms with Crippen molar-refractivity contribution in [1.82, 2.24) is 9.80 Å². The van der Waals surface area contributed by atoms with E-state index in [0.29, 0.717) is 6.04 Å². The number of rotatable bonds is 1. The monoisotopic (exact) mass is 356 g/mol. The van der Waals surface area contributed by atoms with Crippen molar-refractivity contribution in [2.24, 2.45) is 0 Å². The number of aryl methyl sites for hydroxylation is 1. The van der Waals surface area contributed by atoms with Gasteiger partial charge in [-0.2, -0.15) is 0 Å². The highest BCUT2D eigenvalue weighted by Gasteiger charge is 2.31. The number of piperazine rings is 1. The van der Waals surface area contributed by atoms with Crippen molar-refractivity contribution >= 4 is 19.4 Å². The number of hydrogen-bond acceptors (Lipinski definition) is 3. The number of benzene rings is 1. The average Bonchev–Trinajstić information content (AvgIpc) is 2.76. The standard InChI is InChI=1S/C21H33BN2O2/c1-15-13-17-16(18(22)14-15)7-5-6-8-19(17)23-9-11-24(12-10-23)20(25)26-21(2,3)4/h13-14,19H,5-12,22H2,1-4H3. The summed E-state index contributed by atoms with van der Waals surface area (Å²) in [5.74, 6) is 0. The first-order valence-corrected chi connectivity index (χ1v) is 10.1. The molecule has 1 amide bonds. The van der Waals surface area contributed by atoms with E-state index in [1.807, 2.05) is 25.7 Å². The van der Waals surface area contributed by atoms with E-state index in [1.54, 1.807) is 5.56 Å². The summed E-state index contributed by atoms with van der Waals surface area (Å²) in [6.45, 7) is 11.3. The van der Waals surface area contributed by atoms with Gasteiger partial charge in [-0.15, -0.1) is 0 Å². The lowest BCUT2D eigenvalue weighted by Gasteiger charge is -2.40. The molecule has 26 heavy (non-hydrogen) atoms. The predicted molar refractivity (Wildman–Crippen MR) is 109 cm³/mol. The van der Waals surface area contributed by atoms with E-state index in [0.717, 1.165) is 26.2 Å². The Kier molecular flexibility index (Phi) is 5.66. The molecule has 0 N–H and O–H groups in total. The van der Waals surface area contributed by atoms with Gasteiger partial charge in [-0.25, -0.2) is 4.79 Å². The first kappa shape index (κ1) is 19.3. The Bertz CT molecular complexity index is 661. The summed E-state index contributed by atoms with van der Waals surface area (Å²) in [7, 11) is 2.26. The molecule has 142 valence electrons. The third kappa shape index (κ3) is 4.43. The van der Waals surface area contributed by atoms with E-state index in [4.69, 9.17) is 4.74 Å². The van der Waals surface area contributed by atoms with Crippen LogP contribution in [0.4, 0.5) is 4.79 Å². The second-order valence-electron chi connectivity index (χ2n) is 8.91. The Hall–Kier alpha value is -1.49. The summed E-state index contributed by atoms with van der Waals surface area (Å²) in [6.07, 6.45) is 4.82. The predicted octanol–water partition coefficient (Wildman–Crippen LogP) is 2.57. The number of carbonyl (C=O) groups excluding carboxylic acids is 1. The molecule has 0 saturated carbocycles. The first-order chi connectivity index (χ1) is 12.2. The van der Waals surface area contributed by atoms with Crippen molar-refractivity contribution in [2.75, 3.05) is 26.2 Å². The van der Waals surface area contributed by atoms with Crippen molar-refractivity contribution in [1.29, 1.82) is 0 Å². The van der Waals surface area contributed by atoms with Crippen molar-refractivity contribution in [2.45, 2.75) is 65.0 Å². The quantitative estimate of drug-likeness (QED) is 0.573. The van der Waals surface area contributed by atoms with Crippen LogP contribution in [0.5, 0.6) is 0 Å². The number of carbonyl (C=O) groups is 1. The van der Waals surface area contributed by atoms with E-state index < -0.39 is 5.60 Å². The van der Waals surface area contributed by atoms with Crippen LogP contribution >= 0.6 is 0 Å². The Morgan fingerprint density at radius 1 is 1.15 bits per heavy atom. The number of amides is 1. The molecule has 1 fully saturated rings. The summed E-state index contributed by atoms with van der Waals surface area (Å²) >= 11 is 0. The fourth-order valence-electron chi connectivity index (χ4n) is 4.39. The second-order valence-corrected chi connectivity index (χ2v) is 8.91. The minimum absolute atomic E-state index is 0.176. The highest BCUT2D eigenvalue weighted by Crippen LogP contribution is 2.33. The third-order valence-corrected chi connectivity index (χ3v) is 5.57. The van der Waals surface area contributed by atoms with Crippen LogP contribution in [0.15, 0.2) is 12.1 Å². The lowest BCUT2D eigenvalue weighted by molar-refractivity contribution is 0.00970. The zero-order valence-electron chi connectivity index (χ0n) is 17.1. The Morgan fingerprint density at radius 3 is 2.50 bits per heavy atom. The topological polar surface area (TPSA) is 32.8 Å². The molecule has 0 radical (unpaired) electrons. The van der Waals surface area contributed by atoms with Crippen molar-refractivity contribution in [3.63, 3.8) is 0 Å². The lowest BCUT2D eigenvalue weighted by Crippen LogP contribution is -2.51. The van der Waals surface area contributed by atoms with Crippen LogP contribution in [0.3, 0.4) is 0 Å². The van der Waals surface area contributed by atoms with Crippen LogP contribution in [-0.2, 0) is 11.2 Å². The number of ether oxygens (including phenoxy) is 1. The maximum Gasteiger partial charge on any atom is 0.410 e. The summed E-state index contributed by atoms with van der Waals surface area (Å²) in [5, 5.41) is 0. The Balaban J connectivity index is 1.71. The smallest absolute Gasteiger partial charge is 0.410 e. The number of fused-ring (bicyclic) bond motifs is 1. The average molecular weight is 356 g/mol. The van der Waals surface area contributed by atoms with E-state index in [2.05, 4.69) is 31.8 Å². The molecule has 1 atom stereocenters. The molecule has 1 unspecified atom stereocenters. The molecule has 1 heterocycles. The third-order valence-electron chi connectivity index (χ3n) is 5.57. The minimum Gasteiger partial charge on any atom is -0.444 e. The normalized spacial score (nSPS) is 21.8. The zero-order valence-corrected chi connectivity index (χ0v) is 17.1. The van der Waals surface area contributed by atoms with Gasteiger partial charge in [0.15, 0.2) is 0 Å². The highest BCUT2D eigenvalue weighted by atomic mass is 16.6. The van der Waals surface area contributed by atoms with Gasteiger partial charge in [0.25, 0.3) is 0 Å². The van der Waals surface area contributed by atoms with E-state index in [-0.39, 0.29) is 6.09 Å². The molecule has 0 spiro atoms.